The van der Waals surface area contributed by atoms with Crippen LogP contribution in [-0.4, -0.2) is 5.91 Å². The topological polar surface area (TPSA) is 55.1 Å². The Morgan fingerprint density at radius 2 is 1.86 bits per heavy atom. The number of carbonyl (C=O) groups excluding carboxylic acids is 1. The maximum Gasteiger partial charge on any atom is 0.247 e. The van der Waals surface area contributed by atoms with Gasteiger partial charge in [0.2, 0.25) is 5.91 Å². The summed E-state index contributed by atoms with van der Waals surface area (Å²) in [6.07, 6.45) is 0. The fourth-order valence-electron chi connectivity index (χ4n) is 2.12. The molecule has 0 aliphatic rings. The van der Waals surface area contributed by atoms with Crippen molar-refractivity contribution in [3.8, 4) is 0 Å². The Labute approximate surface area is 134 Å². The van der Waals surface area contributed by atoms with E-state index < -0.39 is 11.4 Å². The van der Waals surface area contributed by atoms with E-state index in [1.54, 1.807) is 25.1 Å². The number of benzene rings is 2. The number of halogens is 2. The van der Waals surface area contributed by atoms with Gasteiger partial charge in [0, 0.05) is 21.3 Å². The molecule has 3 nitrogen and oxygen atoms in total. The van der Waals surface area contributed by atoms with Gasteiger partial charge in [0.05, 0.1) is 0 Å². The lowest BCUT2D eigenvalue weighted by Crippen LogP contribution is -2.45. The molecule has 0 spiro atoms. The van der Waals surface area contributed by atoms with Crippen molar-refractivity contribution in [2.24, 2.45) is 5.73 Å². The summed E-state index contributed by atoms with van der Waals surface area (Å²) in [5.74, 6) is -0.532. The normalized spacial score (nSPS) is 13.5. The number of para-hydroxylation sites is 1. The highest BCUT2D eigenvalue weighted by Gasteiger charge is 2.35. The molecule has 2 aromatic carbocycles. The SMILES string of the molecule is Cc1ccccc1NC(C)(C(N)=O)c1cc(Cl)ccc1Cl. The fourth-order valence-corrected chi connectivity index (χ4v) is 2.60. The minimum Gasteiger partial charge on any atom is -0.368 e. The van der Waals surface area contributed by atoms with Crippen molar-refractivity contribution < 1.29 is 4.79 Å². The number of anilines is 1. The molecule has 5 heteroatoms. The lowest BCUT2D eigenvalue weighted by atomic mass is 9.90. The van der Waals surface area contributed by atoms with E-state index in [0.29, 0.717) is 15.6 Å². The average Bonchev–Trinajstić information content (AvgIpc) is 2.43. The molecule has 21 heavy (non-hydrogen) atoms. The maximum atomic E-state index is 12.1. The molecular formula is C16H16Cl2N2O. The molecule has 2 rings (SSSR count). The minimum absolute atomic E-state index is 0.432. The van der Waals surface area contributed by atoms with Crippen LogP contribution in [0.1, 0.15) is 18.1 Å². The largest absolute Gasteiger partial charge is 0.368 e. The van der Waals surface area contributed by atoms with Crippen LogP contribution in [0.2, 0.25) is 10.0 Å². The number of nitrogens with two attached hydrogens (primary N) is 1. The molecule has 2 aromatic rings. The summed E-state index contributed by atoms with van der Waals surface area (Å²) in [5.41, 5.74) is 6.82. The fraction of sp³-hybridized carbons (Fsp3) is 0.188. The molecule has 0 fully saturated rings. The third kappa shape index (κ3) is 3.14. The van der Waals surface area contributed by atoms with E-state index in [2.05, 4.69) is 5.32 Å². The van der Waals surface area contributed by atoms with Crippen LogP contribution in [-0.2, 0) is 10.3 Å². The standard InChI is InChI=1S/C16H16Cl2N2O/c1-10-5-3-4-6-14(10)20-16(2,15(19)21)12-9-11(17)7-8-13(12)18/h3-9,20H,1-2H3,(H2,19,21). The number of amides is 1. The Bertz CT molecular complexity index is 688. The smallest absolute Gasteiger partial charge is 0.247 e. The van der Waals surface area contributed by atoms with Gasteiger partial charge in [0.1, 0.15) is 5.54 Å². The second kappa shape index (κ2) is 5.96. The summed E-state index contributed by atoms with van der Waals surface area (Å²) in [4.78, 5) is 12.1. The number of carbonyl (C=O) groups is 1. The van der Waals surface area contributed by atoms with Crippen LogP contribution in [0.3, 0.4) is 0 Å². The Kier molecular flexibility index (Phi) is 4.45. The van der Waals surface area contributed by atoms with Gasteiger partial charge in [-0.05, 0) is 43.7 Å². The first-order chi connectivity index (χ1) is 9.84. The summed E-state index contributed by atoms with van der Waals surface area (Å²) < 4.78 is 0. The van der Waals surface area contributed by atoms with Crippen LogP contribution in [0.15, 0.2) is 42.5 Å². The summed E-state index contributed by atoms with van der Waals surface area (Å²) in [6, 6.07) is 12.6. The molecule has 0 aliphatic carbocycles. The van der Waals surface area contributed by atoms with Gasteiger partial charge in [-0.1, -0.05) is 41.4 Å². The second-order valence-electron chi connectivity index (χ2n) is 5.05. The molecule has 0 bridgehead atoms. The van der Waals surface area contributed by atoms with Crippen LogP contribution in [0.4, 0.5) is 5.69 Å². The van der Waals surface area contributed by atoms with Crippen LogP contribution < -0.4 is 11.1 Å². The van der Waals surface area contributed by atoms with Gasteiger partial charge in [-0.2, -0.15) is 0 Å². The van der Waals surface area contributed by atoms with Crippen molar-refractivity contribution in [3.63, 3.8) is 0 Å². The Morgan fingerprint density at radius 1 is 1.19 bits per heavy atom. The van der Waals surface area contributed by atoms with Crippen molar-refractivity contribution in [1.29, 1.82) is 0 Å². The van der Waals surface area contributed by atoms with Crippen molar-refractivity contribution in [2.45, 2.75) is 19.4 Å². The quantitative estimate of drug-likeness (QED) is 0.889. The number of hydrogen-bond acceptors (Lipinski definition) is 2. The lowest BCUT2D eigenvalue weighted by Gasteiger charge is -2.31. The molecule has 3 N–H and O–H groups in total. The third-order valence-corrected chi connectivity index (χ3v) is 4.05. The Morgan fingerprint density at radius 3 is 2.48 bits per heavy atom. The second-order valence-corrected chi connectivity index (χ2v) is 5.90. The molecule has 0 saturated heterocycles. The highest BCUT2D eigenvalue weighted by atomic mass is 35.5. The Balaban J connectivity index is 2.53. The van der Waals surface area contributed by atoms with Gasteiger partial charge in [-0.25, -0.2) is 0 Å². The van der Waals surface area contributed by atoms with Crippen LogP contribution in [0, 0.1) is 6.92 Å². The Hall–Kier alpha value is -1.71. The number of aryl methyl sites for hydroxylation is 1. The average molecular weight is 323 g/mol. The number of hydrogen-bond donors (Lipinski definition) is 2. The third-order valence-electron chi connectivity index (χ3n) is 3.49. The van der Waals surface area contributed by atoms with Crippen LogP contribution in [0.5, 0.6) is 0 Å². The molecule has 1 atom stereocenters. The first-order valence-corrected chi connectivity index (χ1v) is 7.19. The van der Waals surface area contributed by atoms with E-state index in [9.17, 15) is 4.79 Å². The van der Waals surface area contributed by atoms with Gasteiger partial charge in [0.25, 0.3) is 0 Å². The minimum atomic E-state index is -1.16. The zero-order valence-corrected chi connectivity index (χ0v) is 13.3. The summed E-state index contributed by atoms with van der Waals surface area (Å²) >= 11 is 12.2. The molecule has 110 valence electrons. The molecule has 0 radical (unpaired) electrons. The van der Waals surface area contributed by atoms with Crippen molar-refractivity contribution >= 4 is 34.8 Å². The van der Waals surface area contributed by atoms with E-state index in [4.69, 9.17) is 28.9 Å². The van der Waals surface area contributed by atoms with Crippen LogP contribution in [0.25, 0.3) is 0 Å². The van der Waals surface area contributed by atoms with Gasteiger partial charge < -0.3 is 11.1 Å². The molecule has 0 aromatic heterocycles. The summed E-state index contributed by atoms with van der Waals surface area (Å²) in [7, 11) is 0. The summed E-state index contributed by atoms with van der Waals surface area (Å²) in [5, 5.41) is 4.12. The van der Waals surface area contributed by atoms with E-state index >= 15 is 0 Å². The van der Waals surface area contributed by atoms with Crippen molar-refractivity contribution in [3.05, 3.63) is 63.6 Å². The van der Waals surface area contributed by atoms with Gasteiger partial charge in [-0.3, -0.25) is 4.79 Å². The maximum absolute atomic E-state index is 12.1. The molecule has 0 saturated carbocycles. The van der Waals surface area contributed by atoms with E-state index in [1.165, 1.54) is 0 Å². The van der Waals surface area contributed by atoms with E-state index in [1.807, 2.05) is 31.2 Å². The number of nitrogens with one attached hydrogen (secondary N) is 1. The zero-order valence-electron chi connectivity index (χ0n) is 11.8. The van der Waals surface area contributed by atoms with E-state index in [-0.39, 0.29) is 0 Å². The first-order valence-electron chi connectivity index (χ1n) is 6.44. The van der Waals surface area contributed by atoms with Gasteiger partial charge in [0.15, 0.2) is 0 Å². The predicted molar refractivity (Wildman–Crippen MR) is 87.8 cm³/mol. The van der Waals surface area contributed by atoms with Crippen molar-refractivity contribution in [1.82, 2.24) is 0 Å². The van der Waals surface area contributed by atoms with Crippen molar-refractivity contribution in [2.75, 3.05) is 5.32 Å². The molecule has 0 heterocycles. The monoisotopic (exact) mass is 322 g/mol. The molecule has 1 amide bonds. The van der Waals surface area contributed by atoms with Gasteiger partial charge >= 0.3 is 0 Å². The van der Waals surface area contributed by atoms with Crippen LogP contribution >= 0.6 is 23.2 Å². The van der Waals surface area contributed by atoms with Gasteiger partial charge in [-0.15, -0.1) is 0 Å². The molecular weight excluding hydrogens is 307 g/mol. The molecule has 1 unspecified atom stereocenters. The van der Waals surface area contributed by atoms with E-state index in [0.717, 1.165) is 11.3 Å². The number of rotatable bonds is 4. The zero-order chi connectivity index (χ0) is 15.6. The molecule has 0 aliphatic heterocycles. The lowest BCUT2D eigenvalue weighted by molar-refractivity contribution is -0.122. The summed E-state index contributed by atoms with van der Waals surface area (Å²) in [6.45, 7) is 3.64. The predicted octanol–water partition coefficient (Wildman–Crippen LogP) is 4.11. The number of primary amides is 1. The highest BCUT2D eigenvalue weighted by molar-refractivity contribution is 6.34. The highest BCUT2D eigenvalue weighted by Crippen LogP contribution is 2.34. The first kappa shape index (κ1) is 15.7.